The van der Waals surface area contributed by atoms with E-state index in [4.69, 9.17) is 17.3 Å². The first-order chi connectivity index (χ1) is 7.95. The second-order valence-electron chi connectivity index (χ2n) is 4.36. The van der Waals surface area contributed by atoms with Crippen LogP contribution in [0.1, 0.15) is 25.8 Å². The first-order valence-corrected chi connectivity index (χ1v) is 6.16. The van der Waals surface area contributed by atoms with Gasteiger partial charge in [-0.3, -0.25) is 4.79 Å². The molecule has 1 rings (SSSR count). The lowest BCUT2D eigenvalue weighted by atomic mass is 9.99. The van der Waals surface area contributed by atoms with E-state index in [0.29, 0.717) is 10.7 Å². The summed E-state index contributed by atoms with van der Waals surface area (Å²) >= 11 is 5.98. The minimum atomic E-state index is -0.486. The second kappa shape index (κ2) is 7.62. The third-order valence-electron chi connectivity index (χ3n) is 3.00. The quantitative estimate of drug-likeness (QED) is 0.893. The van der Waals surface area contributed by atoms with E-state index in [2.05, 4.69) is 5.32 Å². The maximum Gasteiger partial charge on any atom is 0.241 e. The molecular weight excluding hydrogens is 271 g/mol. The van der Waals surface area contributed by atoms with Gasteiger partial charge < -0.3 is 11.1 Å². The Kier molecular flexibility index (Phi) is 7.29. The number of hydrogen-bond acceptors (Lipinski definition) is 2. The number of carbonyl (C=O) groups is 1. The van der Waals surface area contributed by atoms with Crippen molar-refractivity contribution in [2.45, 2.75) is 33.2 Å². The normalized spacial score (nSPS) is 13.4. The predicted molar refractivity (Wildman–Crippen MR) is 79.5 cm³/mol. The van der Waals surface area contributed by atoms with Crippen LogP contribution in [0.3, 0.4) is 0 Å². The Balaban J connectivity index is 0.00000289. The molecule has 102 valence electrons. The smallest absolute Gasteiger partial charge is 0.241 e. The van der Waals surface area contributed by atoms with Gasteiger partial charge in [0.15, 0.2) is 0 Å². The van der Waals surface area contributed by atoms with Gasteiger partial charge in [0, 0.05) is 10.7 Å². The van der Waals surface area contributed by atoms with Crippen molar-refractivity contribution >= 4 is 35.6 Å². The highest BCUT2D eigenvalue weighted by Gasteiger charge is 2.19. The van der Waals surface area contributed by atoms with Crippen molar-refractivity contribution < 1.29 is 4.79 Å². The van der Waals surface area contributed by atoms with Gasteiger partial charge in [0.25, 0.3) is 0 Å². The standard InChI is InChI=1S/C13H19ClN2O.ClH/c1-4-8(2)12(15)13(17)16-10-6-5-9(3)11(14)7-10;/h5-8,12H,4,15H2,1-3H3,(H,16,17);1H. The fourth-order valence-electron chi connectivity index (χ4n) is 1.41. The lowest BCUT2D eigenvalue weighted by molar-refractivity contribution is -0.118. The first-order valence-electron chi connectivity index (χ1n) is 5.78. The van der Waals surface area contributed by atoms with Crippen LogP contribution in [-0.4, -0.2) is 11.9 Å². The Bertz CT molecular complexity index is 410. The highest BCUT2D eigenvalue weighted by molar-refractivity contribution is 6.31. The lowest BCUT2D eigenvalue weighted by Crippen LogP contribution is -2.40. The molecule has 18 heavy (non-hydrogen) atoms. The molecule has 2 unspecified atom stereocenters. The van der Waals surface area contributed by atoms with Crippen LogP contribution in [0.4, 0.5) is 5.69 Å². The minimum absolute atomic E-state index is 0. The molecule has 0 heterocycles. The number of carbonyl (C=O) groups excluding carboxylic acids is 1. The third kappa shape index (κ3) is 4.48. The summed E-state index contributed by atoms with van der Waals surface area (Å²) in [6, 6.07) is 4.94. The van der Waals surface area contributed by atoms with Gasteiger partial charge in [0.05, 0.1) is 6.04 Å². The fraction of sp³-hybridized carbons (Fsp3) is 0.462. The lowest BCUT2D eigenvalue weighted by Gasteiger charge is -2.17. The van der Waals surface area contributed by atoms with Crippen molar-refractivity contribution in [2.75, 3.05) is 5.32 Å². The highest BCUT2D eigenvalue weighted by Crippen LogP contribution is 2.20. The molecule has 1 amide bonds. The number of anilines is 1. The van der Waals surface area contributed by atoms with E-state index in [1.807, 2.05) is 32.9 Å². The maximum atomic E-state index is 11.8. The zero-order chi connectivity index (χ0) is 13.0. The van der Waals surface area contributed by atoms with E-state index < -0.39 is 6.04 Å². The molecule has 3 N–H and O–H groups in total. The summed E-state index contributed by atoms with van der Waals surface area (Å²) in [6.45, 7) is 5.89. The second-order valence-corrected chi connectivity index (χ2v) is 4.77. The van der Waals surface area contributed by atoms with Crippen LogP contribution < -0.4 is 11.1 Å². The molecule has 0 fully saturated rings. The van der Waals surface area contributed by atoms with Gasteiger partial charge in [-0.25, -0.2) is 0 Å². The number of hydrogen-bond donors (Lipinski definition) is 2. The van der Waals surface area contributed by atoms with Gasteiger partial charge in [0.1, 0.15) is 0 Å². The van der Waals surface area contributed by atoms with Crippen molar-refractivity contribution in [3.63, 3.8) is 0 Å². The zero-order valence-electron chi connectivity index (χ0n) is 10.9. The van der Waals surface area contributed by atoms with Crippen LogP contribution in [0.2, 0.25) is 5.02 Å². The van der Waals surface area contributed by atoms with Gasteiger partial charge >= 0.3 is 0 Å². The summed E-state index contributed by atoms with van der Waals surface area (Å²) in [5.41, 5.74) is 7.51. The van der Waals surface area contributed by atoms with E-state index in [1.165, 1.54) is 0 Å². The topological polar surface area (TPSA) is 55.1 Å². The molecule has 0 radical (unpaired) electrons. The summed E-state index contributed by atoms with van der Waals surface area (Å²) in [5, 5.41) is 3.42. The molecule has 0 saturated heterocycles. The maximum absolute atomic E-state index is 11.8. The van der Waals surface area contributed by atoms with Crippen molar-refractivity contribution in [3.05, 3.63) is 28.8 Å². The molecule has 2 atom stereocenters. The Morgan fingerprint density at radius 1 is 1.50 bits per heavy atom. The molecule has 1 aromatic carbocycles. The highest BCUT2D eigenvalue weighted by atomic mass is 35.5. The SMILES string of the molecule is CCC(C)C(N)C(=O)Nc1ccc(C)c(Cl)c1.Cl. The summed E-state index contributed by atoms with van der Waals surface area (Å²) in [7, 11) is 0. The van der Waals surface area contributed by atoms with Gasteiger partial charge in [-0.05, 0) is 30.5 Å². The Hall–Kier alpha value is -0.770. The summed E-state index contributed by atoms with van der Waals surface area (Å²) in [5.74, 6) is -0.00445. The molecule has 0 bridgehead atoms. The molecule has 0 aromatic heterocycles. The van der Waals surface area contributed by atoms with Crippen molar-refractivity contribution in [1.29, 1.82) is 0 Å². The summed E-state index contributed by atoms with van der Waals surface area (Å²) in [6.07, 6.45) is 0.878. The van der Waals surface area contributed by atoms with E-state index in [9.17, 15) is 4.79 Å². The molecule has 0 spiro atoms. The molecule has 1 aromatic rings. The number of halogens is 2. The number of rotatable bonds is 4. The molecule has 0 aliphatic heterocycles. The minimum Gasteiger partial charge on any atom is -0.325 e. The van der Waals surface area contributed by atoms with Crippen molar-refractivity contribution in [3.8, 4) is 0 Å². The van der Waals surface area contributed by atoms with Gasteiger partial charge in [-0.1, -0.05) is 37.9 Å². The molecular formula is C13H20Cl2N2O. The number of nitrogens with two attached hydrogens (primary N) is 1. The number of nitrogens with one attached hydrogen (secondary N) is 1. The van der Waals surface area contributed by atoms with E-state index in [1.54, 1.807) is 6.07 Å². The largest absolute Gasteiger partial charge is 0.325 e. The van der Waals surface area contributed by atoms with Crippen LogP contribution >= 0.6 is 24.0 Å². The Morgan fingerprint density at radius 3 is 2.61 bits per heavy atom. The first kappa shape index (κ1) is 17.2. The van der Waals surface area contributed by atoms with Crippen molar-refractivity contribution in [2.24, 2.45) is 11.7 Å². The molecule has 0 aliphatic carbocycles. The summed E-state index contributed by atoms with van der Waals surface area (Å²) < 4.78 is 0. The zero-order valence-corrected chi connectivity index (χ0v) is 12.4. The van der Waals surface area contributed by atoms with Crippen LogP contribution in [0.25, 0.3) is 0 Å². The number of aryl methyl sites for hydroxylation is 1. The fourth-order valence-corrected chi connectivity index (χ4v) is 1.59. The Labute approximate surface area is 119 Å². The average molecular weight is 291 g/mol. The van der Waals surface area contributed by atoms with E-state index in [0.717, 1.165) is 12.0 Å². The Morgan fingerprint density at radius 2 is 2.11 bits per heavy atom. The molecule has 0 saturated carbocycles. The van der Waals surface area contributed by atoms with Gasteiger partial charge in [-0.15, -0.1) is 12.4 Å². The van der Waals surface area contributed by atoms with Crippen LogP contribution in [0, 0.1) is 12.8 Å². The van der Waals surface area contributed by atoms with Crippen LogP contribution in [0.5, 0.6) is 0 Å². The third-order valence-corrected chi connectivity index (χ3v) is 3.41. The molecule has 5 heteroatoms. The number of benzene rings is 1. The predicted octanol–water partition coefficient (Wildman–Crippen LogP) is 3.38. The van der Waals surface area contributed by atoms with Crippen molar-refractivity contribution in [1.82, 2.24) is 0 Å². The number of amides is 1. The average Bonchev–Trinajstić information content (AvgIpc) is 2.31. The van der Waals surface area contributed by atoms with Gasteiger partial charge in [0.2, 0.25) is 5.91 Å². The van der Waals surface area contributed by atoms with Gasteiger partial charge in [-0.2, -0.15) is 0 Å². The van der Waals surface area contributed by atoms with Crippen LogP contribution in [-0.2, 0) is 4.79 Å². The summed E-state index contributed by atoms with van der Waals surface area (Å²) in [4.78, 5) is 11.8. The van der Waals surface area contributed by atoms with Crippen LogP contribution in [0.15, 0.2) is 18.2 Å². The molecule has 3 nitrogen and oxygen atoms in total. The van der Waals surface area contributed by atoms with E-state index in [-0.39, 0.29) is 24.2 Å². The monoisotopic (exact) mass is 290 g/mol. The molecule has 0 aliphatic rings. The van der Waals surface area contributed by atoms with E-state index >= 15 is 0 Å².